The minimum absolute atomic E-state index is 0.0501. The Kier molecular flexibility index (Phi) is 5.30. The van der Waals surface area contributed by atoms with Gasteiger partial charge in [-0.25, -0.2) is 4.39 Å². The van der Waals surface area contributed by atoms with Crippen molar-refractivity contribution in [2.75, 3.05) is 31.0 Å². The first-order chi connectivity index (χ1) is 12.9. The monoisotopic (exact) mass is 372 g/mol. The van der Waals surface area contributed by atoms with E-state index in [-0.39, 0.29) is 30.5 Å². The topological polar surface area (TPSA) is 67.9 Å². The van der Waals surface area contributed by atoms with Crippen LogP contribution in [0.15, 0.2) is 36.4 Å². The maximum Gasteiger partial charge on any atom is 0.229 e. The maximum absolute atomic E-state index is 13.9. The van der Waals surface area contributed by atoms with Gasteiger partial charge in [0.15, 0.2) is 0 Å². The number of hydrogen-bond donors (Lipinski definition) is 1. The first-order valence-electron chi connectivity index (χ1n) is 8.52. The van der Waals surface area contributed by atoms with Crippen LogP contribution in [0.25, 0.3) is 0 Å². The van der Waals surface area contributed by atoms with E-state index < -0.39 is 11.7 Å². The number of nitrogens with one attached hydrogen (secondary N) is 1. The number of benzene rings is 2. The van der Waals surface area contributed by atoms with Gasteiger partial charge in [-0.05, 0) is 36.8 Å². The highest BCUT2D eigenvalue weighted by atomic mass is 19.1. The summed E-state index contributed by atoms with van der Waals surface area (Å²) < 4.78 is 24.4. The third kappa shape index (κ3) is 3.86. The van der Waals surface area contributed by atoms with Crippen LogP contribution in [-0.2, 0) is 9.59 Å². The Morgan fingerprint density at radius 2 is 1.96 bits per heavy atom. The zero-order valence-corrected chi connectivity index (χ0v) is 15.4. The van der Waals surface area contributed by atoms with Gasteiger partial charge in [-0.1, -0.05) is 6.07 Å². The molecular weight excluding hydrogens is 351 g/mol. The molecule has 2 aromatic carbocycles. The highest BCUT2D eigenvalue weighted by Crippen LogP contribution is 2.36. The van der Waals surface area contributed by atoms with Gasteiger partial charge >= 0.3 is 0 Å². The summed E-state index contributed by atoms with van der Waals surface area (Å²) in [6, 6.07) is 9.62. The quantitative estimate of drug-likeness (QED) is 0.876. The molecule has 0 aliphatic carbocycles. The van der Waals surface area contributed by atoms with Gasteiger partial charge in [0, 0.05) is 19.0 Å². The molecule has 0 radical (unpaired) electrons. The van der Waals surface area contributed by atoms with Crippen LogP contribution >= 0.6 is 0 Å². The summed E-state index contributed by atoms with van der Waals surface area (Å²) in [5.74, 6) is -0.581. The highest BCUT2D eigenvalue weighted by Gasteiger charge is 2.36. The molecule has 0 spiro atoms. The minimum atomic E-state index is -0.579. The molecule has 0 bridgehead atoms. The van der Waals surface area contributed by atoms with E-state index in [1.165, 1.54) is 18.1 Å². The van der Waals surface area contributed by atoms with Crippen molar-refractivity contribution in [3.63, 3.8) is 0 Å². The van der Waals surface area contributed by atoms with Crippen molar-refractivity contribution in [3.05, 3.63) is 47.8 Å². The van der Waals surface area contributed by atoms with Crippen LogP contribution < -0.4 is 19.7 Å². The average molecular weight is 372 g/mol. The summed E-state index contributed by atoms with van der Waals surface area (Å²) in [6.45, 7) is 2.01. The second-order valence-electron chi connectivity index (χ2n) is 6.42. The van der Waals surface area contributed by atoms with Gasteiger partial charge in [-0.2, -0.15) is 0 Å². The summed E-state index contributed by atoms with van der Waals surface area (Å²) in [6.07, 6.45) is 0.0501. The molecule has 3 rings (SSSR count). The second-order valence-corrected chi connectivity index (χ2v) is 6.42. The number of carbonyl (C=O) groups excluding carboxylic acids is 2. The van der Waals surface area contributed by atoms with Gasteiger partial charge in [-0.15, -0.1) is 0 Å². The van der Waals surface area contributed by atoms with Crippen LogP contribution in [0.2, 0.25) is 0 Å². The molecule has 142 valence electrons. The van der Waals surface area contributed by atoms with Gasteiger partial charge in [-0.3, -0.25) is 9.59 Å². The van der Waals surface area contributed by atoms with Crippen LogP contribution in [0.1, 0.15) is 12.0 Å². The van der Waals surface area contributed by atoms with E-state index >= 15 is 0 Å². The van der Waals surface area contributed by atoms with E-state index in [9.17, 15) is 14.0 Å². The van der Waals surface area contributed by atoms with E-state index in [0.717, 1.165) is 5.56 Å². The number of methoxy groups -OCH3 is 2. The molecule has 1 heterocycles. The van der Waals surface area contributed by atoms with Gasteiger partial charge in [0.2, 0.25) is 11.8 Å². The molecule has 7 heteroatoms. The predicted octanol–water partition coefficient (Wildman–Crippen LogP) is 3.14. The number of hydrogen-bond acceptors (Lipinski definition) is 4. The third-order valence-electron chi connectivity index (χ3n) is 4.55. The fraction of sp³-hybridized carbons (Fsp3) is 0.300. The van der Waals surface area contributed by atoms with Gasteiger partial charge in [0.05, 0.1) is 31.5 Å². The Bertz CT molecular complexity index is 884. The zero-order chi connectivity index (χ0) is 19.6. The first kappa shape index (κ1) is 18.7. The number of aryl methyl sites for hydroxylation is 1. The molecular formula is C20H21FN2O4. The molecule has 27 heavy (non-hydrogen) atoms. The number of ether oxygens (including phenoxy) is 2. The number of nitrogens with zero attached hydrogens (tertiary/aromatic N) is 1. The van der Waals surface area contributed by atoms with Crippen LogP contribution in [0.4, 0.5) is 15.8 Å². The SMILES string of the molecule is COc1ccc(N2CC(C(=O)Nc3cc(C)ccc3F)CC2=O)c(OC)c1. The number of carbonyl (C=O) groups is 2. The van der Waals surface area contributed by atoms with Crippen LogP contribution in [0.5, 0.6) is 11.5 Å². The molecule has 1 saturated heterocycles. The summed E-state index contributed by atoms with van der Waals surface area (Å²) in [4.78, 5) is 26.5. The molecule has 1 unspecified atom stereocenters. The van der Waals surface area contributed by atoms with Gasteiger partial charge < -0.3 is 19.7 Å². The fourth-order valence-electron chi connectivity index (χ4n) is 3.09. The minimum Gasteiger partial charge on any atom is -0.497 e. The lowest BCUT2D eigenvalue weighted by atomic mass is 10.1. The van der Waals surface area contributed by atoms with Crippen molar-refractivity contribution < 1.29 is 23.5 Å². The summed E-state index contributed by atoms with van der Waals surface area (Å²) >= 11 is 0. The largest absolute Gasteiger partial charge is 0.497 e. The van der Waals surface area contributed by atoms with Crippen molar-refractivity contribution in [3.8, 4) is 11.5 Å². The molecule has 1 N–H and O–H groups in total. The predicted molar refractivity (Wildman–Crippen MR) is 99.8 cm³/mol. The van der Waals surface area contributed by atoms with E-state index in [2.05, 4.69) is 5.32 Å². The second kappa shape index (κ2) is 7.65. The number of halogens is 1. The lowest BCUT2D eigenvalue weighted by Crippen LogP contribution is -2.28. The fourth-order valence-corrected chi connectivity index (χ4v) is 3.09. The summed E-state index contributed by atoms with van der Waals surface area (Å²) in [5.41, 5.74) is 1.52. The normalized spacial score (nSPS) is 16.4. The Hall–Kier alpha value is -3.09. The highest BCUT2D eigenvalue weighted by molar-refractivity contribution is 6.04. The molecule has 0 aromatic heterocycles. The van der Waals surface area contributed by atoms with Crippen molar-refractivity contribution in [2.24, 2.45) is 5.92 Å². The summed E-state index contributed by atoms with van der Waals surface area (Å²) in [7, 11) is 3.05. The number of anilines is 2. The smallest absolute Gasteiger partial charge is 0.229 e. The van der Waals surface area contributed by atoms with E-state index in [0.29, 0.717) is 17.2 Å². The van der Waals surface area contributed by atoms with Crippen molar-refractivity contribution >= 4 is 23.2 Å². The molecule has 1 atom stereocenters. The maximum atomic E-state index is 13.9. The standard InChI is InChI=1S/C20H21FN2O4/c1-12-4-6-15(21)16(8-12)22-20(25)13-9-19(24)23(11-13)17-7-5-14(26-2)10-18(17)27-3/h4-8,10,13H,9,11H2,1-3H3,(H,22,25). The van der Waals surface area contributed by atoms with Gasteiger partial charge in [0.1, 0.15) is 17.3 Å². The Balaban J connectivity index is 1.77. The zero-order valence-electron chi connectivity index (χ0n) is 15.4. The molecule has 1 fully saturated rings. The van der Waals surface area contributed by atoms with Crippen molar-refractivity contribution in [1.29, 1.82) is 0 Å². The van der Waals surface area contributed by atoms with E-state index in [4.69, 9.17) is 9.47 Å². The Morgan fingerprint density at radius 3 is 2.67 bits per heavy atom. The molecule has 1 aliphatic heterocycles. The molecule has 2 aromatic rings. The molecule has 0 saturated carbocycles. The lowest BCUT2D eigenvalue weighted by molar-refractivity contribution is -0.122. The average Bonchev–Trinajstić information content (AvgIpc) is 3.05. The van der Waals surface area contributed by atoms with Crippen LogP contribution in [-0.4, -0.2) is 32.6 Å². The van der Waals surface area contributed by atoms with Crippen LogP contribution in [0, 0.1) is 18.7 Å². The van der Waals surface area contributed by atoms with Crippen molar-refractivity contribution in [1.82, 2.24) is 0 Å². The molecule has 2 amide bonds. The Morgan fingerprint density at radius 1 is 1.19 bits per heavy atom. The van der Waals surface area contributed by atoms with Crippen LogP contribution in [0.3, 0.4) is 0 Å². The first-order valence-corrected chi connectivity index (χ1v) is 8.52. The van der Waals surface area contributed by atoms with Gasteiger partial charge in [0.25, 0.3) is 0 Å². The lowest BCUT2D eigenvalue weighted by Gasteiger charge is -2.20. The number of amides is 2. The molecule has 6 nitrogen and oxygen atoms in total. The van der Waals surface area contributed by atoms with Crippen molar-refractivity contribution in [2.45, 2.75) is 13.3 Å². The van der Waals surface area contributed by atoms with E-state index in [1.807, 2.05) is 6.92 Å². The molecule has 1 aliphatic rings. The number of rotatable bonds is 5. The summed E-state index contributed by atoms with van der Waals surface area (Å²) in [5, 5.41) is 2.59. The van der Waals surface area contributed by atoms with E-state index in [1.54, 1.807) is 37.4 Å². The Labute approximate surface area is 156 Å². The third-order valence-corrected chi connectivity index (χ3v) is 4.55.